The summed E-state index contributed by atoms with van der Waals surface area (Å²) >= 11 is 1.53. The largest absolute Gasteiger partial charge is 0.508 e. The summed E-state index contributed by atoms with van der Waals surface area (Å²) in [6.07, 6.45) is 5.79. The number of carbonyl (C=O) groups is 3. The van der Waals surface area contributed by atoms with Crippen LogP contribution in [0.2, 0.25) is 0 Å². The lowest BCUT2D eigenvalue weighted by molar-refractivity contribution is -0.170. The van der Waals surface area contributed by atoms with E-state index in [1.165, 1.54) is 22.7 Å². The highest BCUT2D eigenvalue weighted by molar-refractivity contribution is 8.01. The standard InChI is InChI=1S/C29H33N3O5S/c1-18-21(14-9-15-23(18)33)26(35)30-22(16-19-10-5-3-6-11-19)24(34)27(36)31-17-38-29(2)25(31)28(37)32(29)20-12-7-4-8-13-20/h3,5-7,9-12,14-15,20,22,24-25,33-34H,4,8,13,16-17H2,1-2H3,(H,30,35)/t20-,22+,24+,25-,29?/m1/s1. The van der Waals surface area contributed by atoms with Gasteiger partial charge in [0.15, 0.2) is 6.10 Å². The quantitative estimate of drug-likeness (QED) is 0.372. The van der Waals surface area contributed by atoms with E-state index < -0.39 is 34.9 Å². The predicted molar refractivity (Wildman–Crippen MR) is 145 cm³/mol. The molecule has 5 atom stereocenters. The second-order valence-corrected chi connectivity index (χ2v) is 11.7. The number of β-lactam (4-membered cyclic amide) rings is 1. The van der Waals surface area contributed by atoms with Gasteiger partial charge in [-0.15, -0.1) is 11.8 Å². The van der Waals surface area contributed by atoms with E-state index in [1.807, 2.05) is 42.2 Å². The van der Waals surface area contributed by atoms with Crippen LogP contribution < -0.4 is 5.32 Å². The molecule has 200 valence electrons. The molecule has 2 aromatic rings. The minimum Gasteiger partial charge on any atom is -0.508 e. The van der Waals surface area contributed by atoms with Gasteiger partial charge in [-0.3, -0.25) is 14.4 Å². The fraction of sp³-hybridized carbons (Fsp3) is 0.414. The number of amides is 3. The third kappa shape index (κ3) is 4.58. The van der Waals surface area contributed by atoms with Gasteiger partial charge >= 0.3 is 0 Å². The molecule has 1 aliphatic carbocycles. The summed E-state index contributed by atoms with van der Waals surface area (Å²) in [5.74, 6) is -0.904. The Bertz CT molecular complexity index is 1270. The summed E-state index contributed by atoms with van der Waals surface area (Å²) in [4.78, 5) is 42.9. The number of aromatic hydroxyl groups is 1. The van der Waals surface area contributed by atoms with Crippen molar-refractivity contribution < 1.29 is 24.6 Å². The molecule has 0 bridgehead atoms. The molecule has 0 saturated carbocycles. The molecule has 3 N–H and O–H groups in total. The van der Waals surface area contributed by atoms with Gasteiger partial charge in [-0.2, -0.15) is 0 Å². The molecule has 2 fully saturated rings. The van der Waals surface area contributed by atoms with Crippen LogP contribution in [-0.4, -0.2) is 72.7 Å². The highest BCUT2D eigenvalue weighted by Crippen LogP contribution is 2.52. The smallest absolute Gasteiger partial charge is 0.255 e. The van der Waals surface area contributed by atoms with Crippen LogP contribution in [0, 0.1) is 6.92 Å². The van der Waals surface area contributed by atoms with Crippen molar-refractivity contribution in [2.75, 3.05) is 5.88 Å². The van der Waals surface area contributed by atoms with E-state index in [4.69, 9.17) is 0 Å². The van der Waals surface area contributed by atoms with Gasteiger partial charge in [0.1, 0.15) is 16.7 Å². The minimum atomic E-state index is -1.56. The normalized spacial score (nSPS) is 25.9. The molecule has 0 aromatic heterocycles. The first kappa shape index (κ1) is 26.3. The van der Waals surface area contributed by atoms with Crippen LogP contribution >= 0.6 is 11.8 Å². The van der Waals surface area contributed by atoms with Gasteiger partial charge in [-0.1, -0.05) is 48.6 Å². The number of phenols is 1. The number of likely N-dealkylation sites (tertiary alicyclic amines) is 1. The molecule has 2 aliphatic heterocycles. The Kier molecular flexibility index (Phi) is 7.24. The van der Waals surface area contributed by atoms with Crippen molar-refractivity contribution in [3.05, 3.63) is 77.4 Å². The molecule has 9 heteroatoms. The van der Waals surface area contributed by atoms with E-state index in [-0.39, 0.29) is 35.6 Å². The van der Waals surface area contributed by atoms with Crippen LogP contribution in [-0.2, 0) is 16.0 Å². The fourth-order valence-electron chi connectivity index (χ4n) is 5.75. The van der Waals surface area contributed by atoms with E-state index in [2.05, 4.69) is 17.5 Å². The van der Waals surface area contributed by atoms with Crippen molar-refractivity contribution in [2.24, 2.45) is 0 Å². The Morgan fingerprint density at radius 2 is 1.95 bits per heavy atom. The molecular formula is C29H33N3O5S. The molecular weight excluding hydrogens is 502 g/mol. The number of nitrogens with one attached hydrogen (secondary N) is 1. The lowest BCUT2D eigenvalue weighted by Crippen LogP contribution is -2.76. The van der Waals surface area contributed by atoms with E-state index in [0.717, 1.165) is 24.8 Å². The maximum atomic E-state index is 13.7. The topological polar surface area (TPSA) is 110 Å². The third-order valence-corrected chi connectivity index (χ3v) is 9.32. The number of benzene rings is 2. The Morgan fingerprint density at radius 3 is 2.66 bits per heavy atom. The Hall–Kier alpha value is -3.30. The first-order valence-electron chi connectivity index (χ1n) is 13.0. The zero-order valence-corrected chi connectivity index (χ0v) is 22.4. The molecule has 5 rings (SSSR count). The summed E-state index contributed by atoms with van der Waals surface area (Å²) < 4.78 is 0. The second kappa shape index (κ2) is 10.5. The van der Waals surface area contributed by atoms with Crippen molar-refractivity contribution in [1.82, 2.24) is 15.1 Å². The van der Waals surface area contributed by atoms with Crippen molar-refractivity contribution in [1.29, 1.82) is 0 Å². The van der Waals surface area contributed by atoms with E-state index in [1.54, 1.807) is 19.1 Å². The number of hydrogen-bond donors (Lipinski definition) is 3. The highest BCUT2D eigenvalue weighted by atomic mass is 32.2. The fourth-order valence-corrected chi connectivity index (χ4v) is 7.18. The molecule has 3 amide bonds. The number of phenolic OH excluding ortho intramolecular Hbond substituents is 1. The Balaban J connectivity index is 1.36. The van der Waals surface area contributed by atoms with Gasteiger partial charge in [0.2, 0.25) is 5.91 Å². The number of aliphatic hydroxyl groups excluding tert-OH is 1. The maximum absolute atomic E-state index is 13.7. The number of rotatable bonds is 7. The van der Waals surface area contributed by atoms with Gasteiger partial charge < -0.3 is 25.3 Å². The van der Waals surface area contributed by atoms with Crippen LogP contribution in [0.25, 0.3) is 0 Å². The number of hydrogen-bond acceptors (Lipinski definition) is 6. The van der Waals surface area contributed by atoms with Gasteiger partial charge in [0, 0.05) is 11.1 Å². The van der Waals surface area contributed by atoms with Gasteiger partial charge in [-0.25, -0.2) is 0 Å². The van der Waals surface area contributed by atoms with Crippen molar-refractivity contribution in [3.8, 4) is 5.75 Å². The zero-order chi connectivity index (χ0) is 27.0. The van der Waals surface area contributed by atoms with Gasteiger partial charge in [-0.05, 0) is 57.2 Å². The van der Waals surface area contributed by atoms with Crippen LogP contribution in [0.4, 0.5) is 0 Å². The molecule has 38 heavy (non-hydrogen) atoms. The Labute approximate surface area is 226 Å². The van der Waals surface area contributed by atoms with Gasteiger partial charge in [0.05, 0.1) is 18.0 Å². The molecule has 2 saturated heterocycles. The molecule has 2 aromatic carbocycles. The first-order valence-corrected chi connectivity index (χ1v) is 14.0. The van der Waals surface area contributed by atoms with Crippen LogP contribution in [0.1, 0.15) is 47.7 Å². The van der Waals surface area contributed by atoms with E-state index in [9.17, 15) is 24.6 Å². The monoisotopic (exact) mass is 535 g/mol. The molecule has 1 unspecified atom stereocenters. The summed E-state index contributed by atoms with van der Waals surface area (Å²) in [5.41, 5.74) is 1.51. The minimum absolute atomic E-state index is 0.0110. The number of carbonyl (C=O) groups excluding carboxylic acids is 3. The zero-order valence-electron chi connectivity index (χ0n) is 21.5. The van der Waals surface area contributed by atoms with E-state index in [0.29, 0.717) is 5.56 Å². The molecule has 3 aliphatic rings. The SMILES string of the molecule is Cc1c(O)cccc1C(=O)N[C@@H](Cc1ccccc1)[C@H](O)C(=O)N1CSC2(C)[C@H]1C(=O)N2[C@@H]1C=CCCC1. The number of nitrogens with zero attached hydrogens (tertiary/aromatic N) is 2. The summed E-state index contributed by atoms with van der Waals surface area (Å²) in [7, 11) is 0. The average Bonchev–Trinajstić information content (AvgIpc) is 3.22. The number of thioether (sulfide) groups is 1. The number of fused-ring (bicyclic) bond motifs is 1. The Morgan fingerprint density at radius 1 is 1.18 bits per heavy atom. The van der Waals surface area contributed by atoms with Crippen molar-refractivity contribution in [2.45, 2.75) is 68.6 Å². The average molecular weight is 536 g/mol. The molecule has 0 spiro atoms. The van der Waals surface area contributed by atoms with Gasteiger partial charge in [0.25, 0.3) is 11.8 Å². The number of aliphatic hydroxyl groups is 1. The predicted octanol–water partition coefficient (Wildman–Crippen LogP) is 2.97. The number of allylic oxidation sites excluding steroid dienone is 1. The van der Waals surface area contributed by atoms with Crippen LogP contribution in [0.15, 0.2) is 60.7 Å². The lowest BCUT2D eigenvalue weighted by atomic mass is 9.88. The second-order valence-electron chi connectivity index (χ2n) is 10.3. The molecule has 2 heterocycles. The first-order chi connectivity index (χ1) is 18.2. The highest BCUT2D eigenvalue weighted by Gasteiger charge is 2.66. The third-order valence-electron chi connectivity index (χ3n) is 7.91. The summed E-state index contributed by atoms with van der Waals surface area (Å²) in [5, 5.41) is 24.2. The van der Waals surface area contributed by atoms with Crippen molar-refractivity contribution in [3.63, 3.8) is 0 Å². The molecule has 8 nitrogen and oxygen atoms in total. The summed E-state index contributed by atoms with van der Waals surface area (Å²) in [6, 6.07) is 12.4. The van der Waals surface area contributed by atoms with E-state index >= 15 is 0 Å². The maximum Gasteiger partial charge on any atom is 0.255 e. The molecule has 0 radical (unpaired) electrons. The summed E-state index contributed by atoms with van der Waals surface area (Å²) in [6.45, 7) is 3.62. The van der Waals surface area contributed by atoms with Crippen LogP contribution in [0.3, 0.4) is 0 Å². The van der Waals surface area contributed by atoms with Crippen molar-refractivity contribution >= 4 is 29.5 Å². The lowest BCUT2D eigenvalue weighted by Gasteiger charge is -2.55. The van der Waals surface area contributed by atoms with Crippen LogP contribution in [0.5, 0.6) is 5.75 Å².